The molecule has 1 aliphatic heterocycles. The van der Waals surface area contributed by atoms with Gasteiger partial charge in [-0.05, 0) is 32.2 Å². The van der Waals surface area contributed by atoms with E-state index in [0.29, 0.717) is 0 Å². The van der Waals surface area contributed by atoms with Crippen molar-refractivity contribution in [2.24, 2.45) is 9.98 Å². The standard InChI is InChI=1S/C15H17N3.C2H6/c1-4-9-14-10-15(14,16-3)17-11-18(14)13-8-6-5-7-12(13)2;1-2/h4-9,11H,3,10H2,1-2H3;1-2H3/b9-4-;. The number of nitrogens with zero attached hydrogens (tertiary/aromatic N) is 3. The number of rotatable bonds is 3. The van der Waals surface area contributed by atoms with Crippen molar-refractivity contribution in [3.63, 3.8) is 0 Å². The number of para-hydroxylation sites is 1. The summed E-state index contributed by atoms with van der Waals surface area (Å²) in [5.41, 5.74) is 1.96. The maximum atomic E-state index is 4.57. The molecule has 2 atom stereocenters. The van der Waals surface area contributed by atoms with Crippen LogP contribution < -0.4 is 4.90 Å². The Balaban J connectivity index is 0.000000704. The van der Waals surface area contributed by atoms with Gasteiger partial charge in [-0.15, -0.1) is 0 Å². The van der Waals surface area contributed by atoms with Gasteiger partial charge in [-0.2, -0.15) is 0 Å². The average molecular weight is 269 g/mol. The molecule has 0 radical (unpaired) electrons. The summed E-state index contributed by atoms with van der Waals surface area (Å²) >= 11 is 0. The van der Waals surface area contributed by atoms with E-state index >= 15 is 0 Å². The van der Waals surface area contributed by atoms with Gasteiger partial charge in [-0.3, -0.25) is 4.99 Å². The topological polar surface area (TPSA) is 28.0 Å². The van der Waals surface area contributed by atoms with Gasteiger partial charge in [-0.1, -0.05) is 44.2 Å². The van der Waals surface area contributed by atoms with E-state index < -0.39 is 0 Å². The van der Waals surface area contributed by atoms with Crippen molar-refractivity contribution in [2.75, 3.05) is 4.90 Å². The summed E-state index contributed by atoms with van der Waals surface area (Å²) in [6.07, 6.45) is 7.09. The lowest BCUT2D eigenvalue weighted by Gasteiger charge is -2.26. The molecule has 1 aromatic carbocycles. The largest absolute Gasteiger partial charge is 0.318 e. The molecule has 106 valence electrons. The number of aliphatic imine (C=N–C) groups is 2. The molecule has 20 heavy (non-hydrogen) atoms. The van der Waals surface area contributed by atoms with E-state index in [4.69, 9.17) is 0 Å². The zero-order chi connectivity index (χ0) is 14.8. The second-order valence-corrected chi connectivity index (χ2v) is 4.98. The zero-order valence-electron chi connectivity index (χ0n) is 12.8. The lowest BCUT2D eigenvalue weighted by Crippen LogP contribution is -2.36. The maximum Gasteiger partial charge on any atom is 0.180 e. The first kappa shape index (κ1) is 14.5. The lowest BCUT2D eigenvalue weighted by molar-refractivity contribution is 0.663. The van der Waals surface area contributed by atoms with Crippen LogP contribution in [-0.2, 0) is 0 Å². The summed E-state index contributed by atoms with van der Waals surface area (Å²) in [6, 6.07) is 8.36. The van der Waals surface area contributed by atoms with Crippen LogP contribution in [0.5, 0.6) is 0 Å². The van der Waals surface area contributed by atoms with E-state index in [2.05, 4.69) is 64.9 Å². The first-order valence-electron chi connectivity index (χ1n) is 7.21. The molecule has 2 unspecified atom stereocenters. The van der Waals surface area contributed by atoms with E-state index in [1.807, 2.05) is 27.1 Å². The van der Waals surface area contributed by atoms with E-state index in [1.54, 1.807) is 0 Å². The highest BCUT2D eigenvalue weighted by Crippen LogP contribution is 2.60. The Hall–Kier alpha value is -1.90. The van der Waals surface area contributed by atoms with Crippen LogP contribution in [0.1, 0.15) is 32.8 Å². The van der Waals surface area contributed by atoms with Gasteiger partial charge in [0.15, 0.2) is 5.66 Å². The summed E-state index contributed by atoms with van der Waals surface area (Å²) in [7, 11) is 0. The molecule has 0 bridgehead atoms. The smallest absolute Gasteiger partial charge is 0.180 e. The average Bonchev–Trinajstić information content (AvgIpc) is 3.03. The Morgan fingerprint density at radius 2 is 2.05 bits per heavy atom. The Labute approximate surface area is 121 Å². The second-order valence-electron chi connectivity index (χ2n) is 4.98. The molecule has 1 fully saturated rings. The minimum Gasteiger partial charge on any atom is -0.318 e. The Morgan fingerprint density at radius 1 is 1.35 bits per heavy atom. The third-order valence-corrected chi connectivity index (χ3v) is 3.98. The highest BCUT2D eigenvalue weighted by molar-refractivity contribution is 5.90. The molecular weight excluding hydrogens is 246 g/mol. The number of hydrogen-bond donors (Lipinski definition) is 0. The van der Waals surface area contributed by atoms with Crippen molar-refractivity contribution in [3.05, 3.63) is 42.0 Å². The zero-order valence-corrected chi connectivity index (χ0v) is 12.8. The summed E-state index contributed by atoms with van der Waals surface area (Å²) in [6.45, 7) is 11.9. The van der Waals surface area contributed by atoms with Crippen LogP contribution in [-0.4, -0.2) is 24.3 Å². The molecule has 3 rings (SSSR count). The quantitative estimate of drug-likeness (QED) is 0.602. The van der Waals surface area contributed by atoms with E-state index in [-0.39, 0.29) is 11.2 Å². The van der Waals surface area contributed by atoms with Gasteiger partial charge in [-0.25, -0.2) is 4.99 Å². The van der Waals surface area contributed by atoms with Crippen molar-refractivity contribution in [3.8, 4) is 0 Å². The normalized spacial score (nSPS) is 29.9. The summed E-state index contributed by atoms with van der Waals surface area (Å²) < 4.78 is 0. The van der Waals surface area contributed by atoms with Crippen LogP contribution in [0.3, 0.4) is 0 Å². The summed E-state index contributed by atoms with van der Waals surface area (Å²) in [4.78, 5) is 11.1. The van der Waals surface area contributed by atoms with Crippen LogP contribution in [0.15, 0.2) is 46.4 Å². The maximum absolute atomic E-state index is 4.57. The van der Waals surface area contributed by atoms with Gasteiger partial charge in [0.25, 0.3) is 0 Å². The highest BCUT2D eigenvalue weighted by Gasteiger charge is 2.73. The highest BCUT2D eigenvalue weighted by atomic mass is 15.4. The van der Waals surface area contributed by atoms with Crippen molar-refractivity contribution in [1.82, 2.24) is 0 Å². The third-order valence-electron chi connectivity index (χ3n) is 3.98. The van der Waals surface area contributed by atoms with Crippen LogP contribution in [0, 0.1) is 6.92 Å². The first-order chi connectivity index (χ1) is 9.69. The predicted octanol–water partition coefficient (Wildman–Crippen LogP) is 3.99. The molecule has 3 heteroatoms. The number of allylic oxidation sites excluding steroid dienone is 1. The number of fused-ring (bicyclic) bond motifs is 1. The van der Waals surface area contributed by atoms with E-state index in [1.165, 1.54) is 11.3 Å². The Kier molecular flexibility index (Phi) is 3.80. The molecule has 1 heterocycles. The molecule has 0 amide bonds. The van der Waals surface area contributed by atoms with Gasteiger partial charge in [0.05, 0.1) is 6.34 Å². The number of benzene rings is 1. The minimum atomic E-state index is -0.359. The first-order valence-corrected chi connectivity index (χ1v) is 7.21. The molecule has 1 aliphatic carbocycles. The third kappa shape index (κ3) is 1.80. The van der Waals surface area contributed by atoms with Crippen LogP contribution in [0.4, 0.5) is 5.69 Å². The molecule has 1 saturated carbocycles. The molecular formula is C17H23N3. The van der Waals surface area contributed by atoms with Crippen LogP contribution in [0.25, 0.3) is 0 Å². The Morgan fingerprint density at radius 3 is 2.60 bits per heavy atom. The predicted molar refractivity (Wildman–Crippen MR) is 87.9 cm³/mol. The van der Waals surface area contributed by atoms with Crippen molar-refractivity contribution >= 4 is 18.7 Å². The number of anilines is 1. The SMILES string of the molecule is C=NC12CC1(/C=C\C)N(c1ccccc1C)C=N2.CC. The summed E-state index contributed by atoms with van der Waals surface area (Å²) in [5.74, 6) is 0. The van der Waals surface area contributed by atoms with E-state index in [9.17, 15) is 0 Å². The second kappa shape index (κ2) is 5.23. The van der Waals surface area contributed by atoms with Crippen LogP contribution >= 0.6 is 0 Å². The fourth-order valence-corrected chi connectivity index (χ4v) is 2.92. The van der Waals surface area contributed by atoms with Gasteiger partial charge in [0, 0.05) is 12.1 Å². The molecule has 0 spiro atoms. The van der Waals surface area contributed by atoms with Crippen molar-refractivity contribution < 1.29 is 0 Å². The molecule has 3 nitrogen and oxygen atoms in total. The van der Waals surface area contributed by atoms with Crippen molar-refractivity contribution in [1.29, 1.82) is 0 Å². The lowest BCUT2D eigenvalue weighted by atomic mass is 10.1. The molecule has 0 saturated heterocycles. The summed E-state index contributed by atoms with van der Waals surface area (Å²) in [5, 5.41) is 0. The van der Waals surface area contributed by atoms with Gasteiger partial charge < -0.3 is 4.90 Å². The molecule has 2 aliphatic rings. The minimum absolute atomic E-state index is 0.129. The molecule has 0 N–H and O–H groups in total. The fraction of sp³-hybridized carbons (Fsp3) is 0.412. The molecule has 0 aromatic heterocycles. The number of aryl methyl sites for hydroxylation is 1. The monoisotopic (exact) mass is 269 g/mol. The van der Waals surface area contributed by atoms with Crippen molar-refractivity contribution in [2.45, 2.75) is 45.3 Å². The fourth-order valence-electron chi connectivity index (χ4n) is 2.92. The van der Waals surface area contributed by atoms with Gasteiger partial charge in [0.2, 0.25) is 0 Å². The van der Waals surface area contributed by atoms with Gasteiger partial charge in [0.1, 0.15) is 5.54 Å². The van der Waals surface area contributed by atoms with Crippen LogP contribution in [0.2, 0.25) is 0 Å². The Bertz CT molecular complexity index is 561. The van der Waals surface area contributed by atoms with Gasteiger partial charge >= 0.3 is 0 Å². The number of hydrogen-bond acceptors (Lipinski definition) is 3. The van der Waals surface area contributed by atoms with E-state index in [0.717, 1.165) is 6.42 Å². The molecule has 1 aromatic rings.